The largest absolute Gasteiger partial charge is 0.465 e. The summed E-state index contributed by atoms with van der Waals surface area (Å²) in [5.74, 6) is 0.227. The number of rotatable bonds is 0. The normalized spacial score (nSPS) is 32.0. The van der Waals surface area contributed by atoms with Crippen molar-refractivity contribution in [1.29, 1.82) is 0 Å². The van der Waals surface area contributed by atoms with Gasteiger partial charge in [0.2, 0.25) is 0 Å². The van der Waals surface area contributed by atoms with Crippen LogP contribution in [0.25, 0.3) is 0 Å². The summed E-state index contributed by atoms with van der Waals surface area (Å²) in [6.07, 6.45) is -0.663. The molecule has 0 radical (unpaired) electrons. The number of aliphatic hydroxyl groups is 1. The van der Waals surface area contributed by atoms with E-state index in [-0.39, 0.29) is 12.5 Å². The molecule has 4 nitrogen and oxygen atoms in total. The number of nitrogens with zero attached hydrogens (tertiary/aromatic N) is 1. The predicted molar refractivity (Wildman–Crippen MR) is 39.4 cm³/mol. The molecule has 2 N–H and O–H groups in total. The van der Waals surface area contributed by atoms with Gasteiger partial charge in [-0.3, -0.25) is 0 Å². The van der Waals surface area contributed by atoms with Gasteiger partial charge in [-0.15, -0.1) is 0 Å². The minimum absolute atomic E-state index is 0.227. The maximum atomic E-state index is 10.4. The van der Waals surface area contributed by atoms with Gasteiger partial charge in [0.15, 0.2) is 0 Å². The molecule has 1 saturated heterocycles. The standard InChI is InChI=1S/C7H13NO3/c1-5-2-3-8(7(10)11)4-6(5)9/h5-6,9H,2-4H2,1H3,(H,10,11)/t5-,6-/m1/s1. The van der Waals surface area contributed by atoms with E-state index in [0.717, 1.165) is 6.42 Å². The summed E-state index contributed by atoms with van der Waals surface area (Å²) in [7, 11) is 0. The number of amides is 1. The molecule has 0 spiro atoms. The highest BCUT2D eigenvalue weighted by Crippen LogP contribution is 2.16. The van der Waals surface area contributed by atoms with Crippen molar-refractivity contribution in [3.8, 4) is 0 Å². The molecular formula is C7H13NO3. The van der Waals surface area contributed by atoms with Gasteiger partial charge in [-0.1, -0.05) is 6.92 Å². The smallest absolute Gasteiger partial charge is 0.407 e. The van der Waals surface area contributed by atoms with Crippen molar-refractivity contribution < 1.29 is 15.0 Å². The van der Waals surface area contributed by atoms with E-state index in [1.54, 1.807) is 0 Å². The molecule has 1 aliphatic rings. The highest BCUT2D eigenvalue weighted by Gasteiger charge is 2.26. The van der Waals surface area contributed by atoms with Crippen LogP contribution in [-0.4, -0.2) is 40.4 Å². The fourth-order valence-electron chi connectivity index (χ4n) is 1.22. The van der Waals surface area contributed by atoms with E-state index in [4.69, 9.17) is 5.11 Å². The van der Waals surface area contributed by atoms with Crippen molar-refractivity contribution in [2.45, 2.75) is 19.4 Å². The summed E-state index contributed by atoms with van der Waals surface area (Å²) in [6, 6.07) is 0. The maximum absolute atomic E-state index is 10.4. The summed E-state index contributed by atoms with van der Waals surface area (Å²) in [5, 5.41) is 17.8. The van der Waals surface area contributed by atoms with Crippen LogP contribution in [0.3, 0.4) is 0 Å². The van der Waals surface area contributed by atoms with Crippen LogP contribution in [0.1, 0.15) is 13.3 Å². The average molecular weight is 159 g/mol. The number of carboxylic acid groups (broad SMARTS) is 1. The van der Waals surface area contributed by atoms with Crippen LogP contribution in [0, 0.1) is 5.92 Å². The van der Waals surface area contributed by atoms with Gasteiger partial charge in [0.1, 0.15) is 0 Å². The van der Waals surface area contributed by atoms with Gasteiger partial charge >= 0.3 is 6.09 Å². The molecule has 11 heavy (non-hydrogen) atoms. The lowest BCUT2D eigenvalue weighted by atomic mass is 9.96. The fourth-order valence-corrected chi connectivity index (χ4v) is 1.22. The quantitative estimate of drug-likeness (QED) is 0.536. The van der Waals surface area contributed by atoms with Gasteiger partial charge < -0.3 is 15.1 Å². The van der Waals surface area contributed by atoms with Crippen molar-refractivity contribution in [3.63, 3.8) is 0 Å². The summed E-state index contributed by atoms with van der Waals surface area (Å²) in [4.78, 5) is 11.7. The molecule has 1 rings (SSSR count). The molecule has 1 aliphatic heterocycles. The first-order chi connectivity index (χ1) is 5.11. The van der Waals surface area contributed by atoms with E-state index in [9.17, 15) is 9.90 Å². The number of likely N-dealkylation sites (tertiary alicyclic amines) is 1. The average Bonchev–Trinajstić information content (AvgIpc) is 1.94. The van der Waals surface area contributed by atoms with Gasteiger partial charge in [0.05, 0.1) is 12.6 Å². The lowest BCUT2D eigenvalue weighted by Gasteiger charge is -2.32. The Balaban J connectivity index is 2.46. The van der Waals surface area contributed by atoms with E-state index in [0.29, 0.717) is 6.54 Å². The van der Waals surface area contributed by atoms with Crippen LogP contribution in [0.15, 0.2) is 0 Å². The van der Waals surface area contributed by atoms with Crippen molar-refractivity contribution >= 4 is 6.09 Å². The summed E-state index contributed by atoms with van der Waals surface area (Å²) in [5.41, 5.74) is 0. The van der Waals surface area contributed by atoms with Crippen molar-refractivity contribution in [1.82, 2.24) is 4.90 Å². The molecule has 1 amide bonds. The SMILES string of the molecule is C[C@@H]1CCN(C(=O)O)C[C@H]1O. The zero-order valence-corrected chi connectivity index (χ0v) is 6.53. The Labute approximate surface area is 65.4 Å². The number of hydrogen-bond donors (Lipinski definition) is 2. The van der Waals surface area contributed by atoms with E-state index in [2.05, 4.69) is 0 Å². The highest BCUT2D eigenvalue weighted by atomic mass is 16.4. The lowest BCUT2D eigenvalue weighted by molar-refractivity contribution is 0.0315. The third-order valence-electron chi connectivity index (χ3n) is 2.19. The molecule has 1 fully saturated rings. The molecule has 2 atom stereocenters. The number of carbonyl (C=O) groups is 1. The van der Waals surface area contributed by atoms with Crippen LogP contribution in [0.5, 0.6) is 0 Å². The Kier molecular flexibility index (Phi) is 2.34. The van der Waals surface area contributed by atoms with Crippen molar-refractivity contribution in [2.75, 3.05) is 13.1 Å². The Hall–Kier alpha value is -0.770. The zero-order chi connectivity index (χ0) is 8.43. The Morgan fingerprint density at radius 2 is 2.27 bits per heavy atom. The van der Waals surface area contributed by atoms with Crippen molar-refractivity contribution in [3.05, 3.63) is 0 Å². The third kappa shape index (κ3) is 1.83. The second kappa shape index (κ2) is 3.09. The van der Waals surface area contributed by atoms with E-state index in [1.165, 1.54) is 4.90 Å². The van der Waals surface area contributed by atoms with Crippen LogP contribution in [0.2, 0.25) is 0 Å². The van der Waals surface area contributed by atoms with E-state index in [1.807, 2.05) is 6.92 Å². The second-order valence-corrected chi connectivity index (χ2v) is 3.06. The Bertz CT molecular complexity index is 160. The number of piperidine rings is 1. The van der Waals surface area contributed by atoms with E-state index >= 15 is 0 Å². The van der Waals surface area contributed by atoms with E-state index < -0.39 is 12.2 Å². The molecule has 0 aromatic heterocycles. The third-order valence-corrected chi connectivity index (χ3v) is 2.19. The minimum Gasteiger partial charge on any atom is -0.465 e. The van der Waals surface area contributed by atoms with Gasteiger partial charge in [0, 0.05) is 6.54 Å². The zero-order valence-electron chi connectivity index (χ0n) is 6.53. The molecule has 0 saturated carbocycles. The van der Waals surface area contributed by atoms with Crippen LogP contribution < -0.4 is 0 Å². The molecule has 64 valence electrons. The monoisotopic (exact) mass is 159 g/mol. The number of β-amino-alcohol motifs (C(OH)–C–C–N with tert-alkyl or cyclic N) is 1. The predicted octanol–water partition coefficient (Wildman–Crippen LogP) is 0.367. The molecular weight excluding hydrogens is 146 g/mol. The fraction of sp³-hybridized carbons (Fsp3) is 0.857. The minimum atomic E-state index is -0.934. The molecule has 0 aromatic carbocycles. The van der Waals surface area contributed by atoms with Crippen LogP contribution in [0.4, 0.5) is 4.79 Å². The van der Waals surface area contributed by atoms with Gasteiger partial charge in [-0.25, -0.2) is 4.79 Å². The Morgan fingerprint density at radius 3 is 2.73 bits per heavy atom. The molecule has 0 unspecified atom stereocenters. The van der Waals surface area contributed by atoms with Crippen molar-refractivity contribution in [2.24, 2.45) is 5.92 Å². The van der Waals surface area contributed by atoms with Gasteiger partial charge in [-0.2, -0.15) is 0 Å². The highest BCUT2D eigenvalue weighted by molar-refractivity contribution is 5.65. The summed E-state index contributed by atoms with van der Waals surface area (Å²) < 4.78 is 0. The first-order valence-electron chi connectivity index (χ1n) is 3.77. The van der Waals surface area contributed by atoms with Crippen LogP contribution >= 0.6 is 0 Å². The topological polar surface area (TPSA) is 60.8 Å². The molecule has 1 heterocycles. The summed E-state index contributed by atoms with van der Waals surface area (Å²) in [6.45, 7) is 2.74. The van der Waals surface area contributed by atoms with Crippen LogP contribution in [-0.2, 0) is 0 Å². The molecule has 0 bridgehead atoms. The van der Waals surface area contributed by atoms with Gasteiger partial charge in [-0.05, 0) is 12.3 Å². The maximum Gasteiger partial charge on any atom is 0.407 e. The Morgan fingerprint density at radius 1 is 1.64 bits per heavy atom. The molecule has 0 aromatic rings. The molecule has 0 aliphatic carbocycles. The number of aliphatic hydroxyl groups excluding tert-OH is 1. The van der Waals surface area contributed by atoms with Gasteiger partial charge in [0.25, 0.3) is 0 Å². The second-order valence-electron chi connectivity index (χ2n) is 3.06. The first-order valence-corrected chi connectivity index (χ1v) is 3.77. The lowest BCUT2D eigenvalue weighted by Crippen LogP contribution is -2.45. The number of hydrogen-bond acceptors (Lipinski definition) is 2. The molecule has 4 heteroatoms. The first kappa shape index (κ1) is 8.33. The summed E-state index contributed by atoms with van der Waals surface area (Å²) >= 11 is 0.